The monoisotopic (exact) mass is 263 g/mol. The van der Waals surface area contributed by atoms with Gasteiger partial charge in [0.1, 0.15) is 0 Å². The quantitative estimate of drug-likeness (QED) is 0.842. The zero-order valence-corrected chi connectivity index (χ0v) is 10.1. The highest BCUT2D eigenvalue weighted by molar-refractivity contribution is 6.30. The molecular formula is C12H13ClF3N. The number of benzene rings is 1. The van der Waals surface area contributed by atoms with Crippen molar-refractivity contribution in [2.75, 3.05) is 5.32 Å². The maximum Gasteiger partial charge on any atom is 0.418 e. The molecule has 0 amide bonds. The smallest absolute Gasteiger partial charge is 0.382 e. The van der Waals surface area contributed by atoms with Gasteiger partial charge in [-0.05, 0) is 43.9 Å². The van der Waals surface area contributed by atoms with Crippen LogP contribution in [-0.2, 0) is 6.18 Å². The van der Waals surface area contributed by atoms with Crippen molar-refractivity contribution < 1.29 is 13.2 Å². The first kappa shape index (κ1) is 12.6. The van der Waals surface area contributed by atoms with Gasteiger partial charge in [0.25, 0.3) is 0 Å². The van der Waals surface area contributed by atoms with E-state index in [0.717, 1.165) is 18.9 Å². The predicted molar refractivity (Wildman–Crippen MR) is 62.3 cm³/mol. The van der Waals surface area contributed by atoms with Crippen LogP contribution in [0.4, 0.5) is 18.9 Å². The van der Waals surface area contributed by atoms with E-state index >= 15 is 0 Å². The second-order valence-corrected chi connectivity index (χ2v) is 4.89. The maximum atomic E-state index is 12.8. The van der Waals surface area contributed by atoms with Crippen molar-refractivity contribution in [2.45, 2.75) is 32.0 Å². The summed E-state index contributed by atoms with van der Waals surface area (Å²) >= 11 is 5.61. The molecule has 1 atom stereocenters. The van der Waals surface area contributed by atoms with Crippen LogP contribution in [0.5, 0.6) is 0 Å². The van der Waals surface area contributed by atoms with E-state index in [0.29, 0.717) is 5.92 Å². The third-order valence-corrected chi connectivity index (χ3v) is 3.23. The van der Waals surface area contributed by atoms with E-state index in [1.54, 1.807) is 0 Å². The first-order valence-corrected chi connectivity index (χ1v) is 5.89. The zero-order valence-electron chi connectivity index (χ0n) is 9.31. The fourth-order valence-electron chi connectivity index (χ4n) is 1.84. The molecule has 0 aromatic heterocycles. The molecule has 0 spiro atoms. The van der Waals surface area contributed by atoms with Gasteiger partial charge in [0.2, 0.25) is 0 Å². The SMILES string of the molecule is CC(Nc1ccc(Cl)cc1C(F)(F)F)C1CC1. The van der Waals surface area contributed by atoms with Crippen LogP contribution in [0.3, 0.4) is 0 Å². The molecule has 1 unspecified atom stereocenters. The number of rotatable bonds is 3. The number of alkyl halides is 3. The number of nitrogens with one attached hydrogen (secondary N) is 1. The van der Waals surface area contributed by atoms with Gasteiger partial charge in [0.05, 0.1) is 5.56 Å². The predicted octanol–water partition coefficient (Wildman–Crippen LogP) is 4.57. The summed E-state index contributed by atoms with van der Waals surface area (Å²) in [5, 5.41) is 3.03. The highest BCUT2D eigenvalue weighted by Crippen LogP contribution is 2.39. The molecule has 0 heterocycles. The summed E-state index contributed by atoms with van der Waals surface area (Å²) in [5.74, 6) is 0.492. The van der Waals surface area contributed by atoms with Crippen LogP contribution in [0.1, 0.15) is 25.3 Å². The van der Waals surface area contributed by atoms with Gasteiger partial charge in [0, 0.05) is 16.8 Å². The molecule has 1 aliphatic rings. The lowest BCUT2D eigenvalue weighted by Gasteiger charge is -2.19. The topological polar surface area (TPSA) is 12.0 Å². The van der Waals surface area contributed by atoms with E-state index in [9.17, 15) is 13.2 Å². The summed E-state index contributed by atoms with van der Waals surface area (Å²) in [7, 11) is 0. The highest BCUT2D eigenvalue weighted by Gasteiger charge is 2.35. The standard InChI is InChI=1S/C12H13ClF3N/c1-7(8-2-3-8)17-11-5-4-9(13)6-10(11)12(14,15)16/h4-8,17H,2-3H2,1H3. The largest absolute Gasteiger partial charge is 0.418 e. The van der Waals surface area contributed by atoms with Gasteiger partial charge < -0.3 is 5.32 Å². The molecule has 1 saturated carbocycles. The van der Waals surface area contributed by atoms with Crippen LogP contribution in [-0.4, -0.2) is 6.04 Å². The van der Waals surface area contributed by atoms with Crippen LogP contribution < -0.4 is 5.32 Å². The molecule has 5 heteroatoms. The van der Waals surface area contributed by atoms with Gasteiger partial charge in [-0.1, -0.05) is 11.6 Å². The minimum absolute atomic E-state index is 0.0669. The lowest BCUT2D eigenvalue weighted by atomic mass is 10.1. The summed E-state index contributed by atoms with van der Waals surface area (Å²) < 4.78 is 38.4. The number of anilines is 1. The summed E-state index contributed by atoms with van der Waals surface area (Å²) in [4.78, 5) is 0. The van der Waals surface area contributed by atoms with Gasteiger partial charge in [-0.25, -0.2) is 0 Å². The van der Waals surface area contributed by atoms with Crippen LogP contribution >= 0.6 is 11.6 Å². The normalized spacial score (nSPS) is 17.9. The lowest BCUT2D eigenvalue weighted by molar-refractivity contribution is -0.137. The molecule has 94 valence electrons. The molecule has 0 bridgehead atoms. The van der Waals surface area contributed by atoms with Crippen molar-refractivity contribution in [2.24, 2.45) is 5.92 Å². The molecular weight excluding hydrogens is 251 g/mol. The molecule has 1 aromatic rings. The molecule has 1 fully saturated rings. The summed E-state index contributed by atoms with van der Waals surface area (Å²) in [6, 6.07) is 3.89. The Morgan fingerprint density at radius 1 is 1.35 bits per heavy atom. The van der Waals surface area contributed by atoms with Gasteiger partial charge in [-0.15, -0.1) is 0 Å². The van der Waals surface area contributed by atoms with Crippen molar-refractivity contribution in [1.82, 2.24) is 0 Å². The molecule has 2 rings (SSSR count). The Bertz CT molecular complexity index is 413. The number of hydrogen-bond acceptors (Lipinski definition) is 1. The van der Waals surface area contributed by atoms with E-state index in [2.05, 4.69) is 5.32 Å². The molecule has 17 heavy (non-hydrogen) atoms. The zero-order chi connectivity index (χ0) is 12.6. The Morgan fingerprint density at radius 2 is 2.00 bits per heavy atom. The third kappa shape index (κ3) is 3.06. The van der Waals surface area contributed by atoms with E-state index in [1.807, 2.05) is 6.92 Å². The third-order valence-electron chi connectivity index (χ3n) is 3.00. The Balaban J connectivity index is 2.25. The fourth-order valence-corrected chi connectivity index (χ4v) is 2.01. The first-order chi connectivity index (χ1) is 7.88. The molecule has 1 aromatic carbocycles. The van der Waals surface area contributed by atoms with Crippen molar-refractivity contribution >= 4 is 17.3 Å². The van der Waals surface area contributed by atoms with E-state index in [4.69, 9.17) is 11.6 Å². The highest BCUT2D eigenvalue weighted by atomic mass is 35.5. The van der Waals surface area contributed by atoms with Gasteiger partial charge >= 0.3 is 6.18 Å². The Hall–Kier alpha value is -0.900. The van der Waals surface area contributed by atoms with Gasteiger partial charge in [-0.3, -0.25) is 0 Å². The van der Waals surface area contributed by atoms with Crippen LogP contribution in [0.2, 0.25) is 5.02 Å². The van der Waals surface area contributed by atoms with E-state index in [-0.39, 0.29) is 16.8 Å². The summed E-state index contributed by atoms with van der Waals surface area (Å²) in [5.41, 5.74) is -0.584. The Labute approximate surface area is 103 Å². The molecule has 1 aliphatic carbocycles. The lowest BCUT2D eigenvalue weighted by Crippen LogP contribution is -2.20. The van der Waals surface area contributed by atoms with Crippen LogP contribution in [0, 0.1) is 5.92 Å². The maximum absolute atomic E-state index is 12.8. The Kier molecular flexibility index (Phi) is 3.25. The summed E-state index contributed by atoms with van der Waals surface area (Å²) in [6.45, 7) is 1.91. The van der Waals surface area contributed by atoms with Crippen molar-refractivity contribution in [3.63, 3.8) is 0 Å². The van der Waals surface area contributed by atoms with E-state index < -0.39 is 11.7 Å². The van der Waals surface area contributed by atoms with Gasteiger partial charge in [0.15, 0.2) is 0 Å². The van der Waals surface area contributed by atoms with Crippen LogP contribution in [0.25, 0.3) is 0 Å². The van der Waals surface area contributed by atoms with Crippen LogP contribution in [0.15, 0.2) is 18.2 Å². The fraction of sp³-hybridized carbons (Fsp3) is 0.500. The molecule has 1 nitrogen and oxygen atoms in total. The summed E-state index contributed by atoms with van der Waals surface area (Å²) in [6.07, 6.45) is -2.21. The average Bonchev–Trinajstić information content (AvgIpc) is 3.02. The molecule has 0 radical (unpaired) electrons. The Morgan fingerprint density at radius 3 is 2.53 bits per heavy atom. The molecule has 1 N–H and O–H groups in total. The molecule has 0 aliphatic heterocycles. The van der Waals surface area contributed by atoms with E-state index in [1.165, 1.54) is 12.1 Å². The minimum atomic E-state index is -4.38. The number of halogens is 4. The number of hydrogen-bond donors (Lipinski definition) is 1. The van der Waals surface area contributed by atoms with Gasteiger partial charge in [-0.2, -0.15) is 13.2 Å². The minimum Gasteiger partial charge on any atom is -0.382 e. The van der Waals surface area contributed by atoms with Crippen molar-refractivity contribution in [3.8, 4) is 0 Å². The second kappa shape index (κ2) is 4.41. The first-order valence-electron chi connectivity index (χ1n) is 5.51. The second-order valence-electron chi connectivity index (χ2n) is 4.46. The van der Waals surface area contributed by atoms with Crippen molar-refractivity contribution in [1.29, 1.82) is 0 Å². The average molecular weight is 264 g/mol. The van der Waals surface area contributed by atoms with Crippen molar-refractivity contribution in [3.05, 3.63) is 28.8 Å². The molecule has 0 saturated heterocycles.